The highest BCUT2D eigenvalue weighted by atomic mass is 16.5. The maximum atomic E-state index is 11.1. The van der Waals surface area contributed by atoms with Gasteiger partial charge in [-0.05, 0) is 24.6 Å². The Labute approximate surface area is 92.8 Å². The number of carbonyl (C=O) groups excluding carboxylic acids is 1. The lowest BCUT2D eigenvalue weighted by atomic mass is 10.3. The first kappa shape index (κ1) is 11.9. The molecule has 1 amide bonds. The highest BCUT2D eigenvalue weighted by molar-refractivity contribution is 5.77. The van der Waals surface area contributed by atoms with Gasteiger partial charge < -0.3 is 10.1 Å². The van der Waals surface area contributed by atoms with Crippen LogP contribution in [0.4, 0.5) is 5.69 Å². The predicted molar refractivity (Wildman–Crippen MR) is 59.4 cm³/mol. The molecule has 0 fully saturated rings. The summed E-state index contributed by atoms with van der Waals surface area (Å²) in [6, 6.07) is 6.72. The van der Waals surface area contributed by atoms with E-state index < -0.39 is 0 Å². The van der Waals surface area contributed by atoms with Crippen LogP contribution >= 0.6 is 0 Å². The Morgan fingerprint density at radius 2 is 2.31 bits per heavy atom. The maximum Gasteiger partial charge on any atom is 0.257 e. The van der Waals surface area contributed by atoms with Crippen molar-refractivity contribution in [3.8, 4) is 5.75 Å². The van der Waals surface area contributed by atoms with Gasteiger partial charge in [0.05, 0.1) is 5.69 Å². The van der Waals surface area contributed by atoms with E-state index in [0.717, 1.165) is 0 Å². The van der Waals surface area contributed by atoms with Crippen molar-refractivity contribution in [3.05, 3.63) is 34.7 Å². The van der Waals surface area contributed by atoms with Crippen LogP contribution in [0.1, 0.15) is 6.92 Å². The summed E-state index contributed by atoms with van der Waals surface area (Å²) in [4.78, 5) is 13.8. The van der Waals surface area contributed by atoms with E-state index in [2.05, 4.69) is 15.3 Å². The number of azide groups is 1. The molecule has 0 heterocycles. The minimum Gasteiger partial charge on any atom is -0.483 e. The van der Waals surface area contributed by atoms with Gasteiger partial charge >= 0.3 is 0 Å². The van der Waals surface area contributed by atoms with E-state index in [0.29, 0.717) is 18.0 Å². The third-order valence-corrected chi connectivity index (χ3v) is 1.75. The van der Waals surface area contributed by atoms with E-state index in [4.69, 9.17) is 10.3 Å². The fraction of sp³-hybridized carbons (Fsp3) is 0.300. The van der Waals surface area contributed by atoms with E-state index in [1.165, 1.54) is 0 Å². The van der Waals surface area contributed by atoms with Crippen LogP contribution in [-0.4, -0.2) is 19.1 Å². The number of ether oxygens (including phenoxy) is 1. The number of nitrogens with zero attached hydrogens (tertiary/aromatic N) is 3. The molecule has 0 unspecified atom stereocenters. The second-order valence-corrected chi connectivity index (χ2v) is 2.90. The molecule has 0 aliphatic carbocycles. The van der Waals surface area contributed by atoms with Gasteiger partial charge in [-0.25, -0.2) is 0 Å². The fourth-order valence-electron chi connectivity index (χ4n) is 1.10. The van der Waals surface area contributed by atoms with Crippen LogP contribution in [-0.2, 0) is 4.79 Å². The minimum absolute atomic E-state index is 0.0915. The number of carbonyl (C=O) groups is 1. The van der Waals surface area contributed by atoms with Gasteiger partial charge in [0.15, 0.2) is 6.61 Å². The summed E-state index contributed by atoms with van der Waals surface area (Å²) in [5, 5.41) is 6.05. The number of nitrogens with one attached hydrogen (secondary N) is 1. The molecular formula is C10H12N4O2. The molecule has 1 N–H and O–H groups in total. The second kappa shape index (κ2) is 6.31. The lowest BCUT2D eigenvalue weighted by molar-refractivity contribution is -0.122. The Morgan fingerprint density at radius 3 is 3.00 bits per heavy atom. The molecule has 0 radical (unpaired) electrons. The fourth-order valence-corrected chi connectivity index (χ4v) is 1.10. The summed E-state index contributed by atoms with van der Waals surface area (Å²) < 4.78 is 5.23. The Bertz CT molecular complexity index is 413. The highest BCUT2D eigenvalue weighted by Crippen LogP contribution is 2.26. The molecule has 0 atom stereocenters. The third-order valence-electron chi connectivity index (χ3n) is 1.75. The van der Waals surface area contributed by atoms with Crippen molar-refractivity contribution in [2.75, 3.05) is 13.2 Å². The SMILES string of the molecule is CCNC(=O)COc1ccccc1N=[N+]=[N-]. The van der Waals surface area contributed by atoms with Crippen LogP contribution in [0.15, 0.2) is 29.4 Å². The van der Waals surface area contributed by atoms with Gasteiger partial charge in [0.25, 0.3) is 5.91 Å². The standard InChI is InChI=1S/C10H12N4O2/c1-2-12-10(15)7-16-9-6-4-3-5-8(9)13-14-11/h3-6H,2,7H2,1H3,(H,12,15). The number of benzene rings is 1. The molecule has 0 aliphatic rings. The van der Waals surface area contributed by atoms with Crippen LogP contribution < -0.4 is 10.1 Å². The molecule has 0 saturated heterocycles. The molecule has 0 aliphatic heterocycles. The lowest BCUT2D eigenvalue weighted by Crippen LogP contribution is -2.28. The maximum absolute atomic E-state index is 11.1. The molecule has 0 bridgehead atoms. The van der Waals surface area contributed by atoms with Gasteiger partial charge in [-0.1, -0.05) is 17.2 Å². The van der Waals surface area contributed by atoms with Crippen LogP contribution in [0.25, 0.3) is 10.4 Å². The van der Waals surface area contributed by atoms with E-state index in [9.17, 15) is 4.79 Å². The summed E-state index contributed by atoms with van der Waals surface area (Å²) in [6.07, 6.45) is 0. The first-order valence-electron chi connectivity index (χ1n) is 4.81. The number of rotatable bonds is 5. The van der Waals surface area contributed by atoms with E-state index in [1.54, 1.807) is 24.3 Å². The zero-order valence-corrected chi connectivity index (χ0v) is 8.88. The molecule has 6 nitrogen and oxygen atoms in total. The van der Waals surface area contributed by atoms with E-state index in [-0.39, 0.29) is 12.5 Å². The molecule has 6 heteroatoms. The average Bonchev–Trinajstić information content (AvgIpc) is 2.29. The van der Waals surface area contributed by atoms with E-state index in [1.807, 2.05) is 6.92 Å². The van der Waals surface area contributed by atoms with Gasteiger partial charge in [-0.3, -0.25) is 4.79 Å². The zero-order chi connectivity index (χ0) is 11.8. The van der Waals surface area contributed by atoms with Gasteiger partial charge in [0, 0.05) is 11.5 Å². The van der Waals surface area contributed by atoms with Crippen molar-refractivity contribution in [1.29, 1.82) is 0 Å². The summed E-state index contributed by atoms with van der Waals surface area (Å²) in [5.41, 5.74) is 8.70. The first-order chi connectivity index (χ1) is 7.77. The van der Waals surface area contributed by atoms with Crippen molar-refractivity contribution in [1.82, 2.24) is 5.32 Å². The monoisotopic (exact) mass is 220 g/mol. The van der Waals surface area contributed by atoms with Crippen molar-refractivity contribution >= 4 is 11.6 Å². The lowest BCUT2D eigenvalue weighted by Gasteiger charge is -2.07. The molecule has 0 saturated carbocycles. The van der Waals surface area contributed by atoms with Crippen molar-refractivity contribution in [3.63, 3.8) is 0 Å². The van der Waals surface area contributed by atoms with Crippen LogP contribution in [0.3, 0.4) is 0 Å². The summed E-state index contributed by atoms with van der Waals surface area (Å²) in [5.74, 6) is 0.185. The first-order valence-corrected chi connectivity index (χ1v) is 4.81. The molecule has 0 aromatic heterocycles. The predicted octanol–water partition coefficient (Wildman–Crippen LogP) is 2.14. The number of para-hydroxylation sites is 1. The Kier molecular flexibility index (Phi) is 4.69. The molecule has 16 heavy (non-hydrogen) atoms. The number of likely N-dealkylation sites (N-methyl/N-ethyl adjacent to an activating group) is 1. The highest BCUT2D eigenvalue weighted by Gasteiger charge is 2.04. The van der Waals surface area contributed by atoms with E-state index >= 15 is 0 Å². The third kappa shape index (κ3) is 3.51. The Morgan fingerprint density at radius 1 is 1.56 bits per heavy atom. The normalized spacial score (nSPS) is 9.06. The molecule has 0 spiro atoms. The van der Waals surface area contributed by atoms with Crippen molar-refractivity contribution in [2.24, 2.45) is 5.11 Å². The molecule has 1 rings (SSSR count). The Balaban J connectivity index is 2.66. The summed E-state index contributed by atoms with van der Waals surface area (Å²) in [6.45, 7) is 2.29. The number of amides is 1. The topological polar surface area (TPSA) is 87.1 Å². The van der Waals surface area contributed by atoms with Gasteiger partial charge in [0.2, 0.25) is 0 Å². The van der Waals surface area contributed by atoms with Gasteiger partial charge in [-0.2, -0.15) is 0 Å². The zero-order valence-electron chi connectivity index (χ0n) is 8.88. The Hall–Kier alpha value is -2.20. The van der Waals surface area contributed by atoms with Crippen molar-refractivity contribution in [2.45, 2.75) is 6.92 Å². The smallest absolute Gasteiger partial charge is 0.257 e. The molecule has 1 aromatic carbocycles. The van der Waals surface area contributed by atoms with Crippen LogP contribution in [0.2, 0.25) is 0 Å². The summed E-state index contributed by atoms with van der Waals surface area (Å²) in [7, 11) is 0. The van der Waals surface area contributed by atoms with Gasteiger partial charge in [-0.15, -0.1) is 0 Å². The van der Waals surface area contributed by atoms with Gasteiger partial charge in [0.1, 0.15) is 5.75 Å². The largest absolute Gasteiger partial charge is 0.483 e. The molecule has 84 valence electrons. The van der Waals surface area contributed by atoms with Crippen LogP contribution in [0, 0.1) is 0 Å². The number of hydrogen-bond donors (Lipinski definition) is 1. The van der Waals surface area contributed by atoms with Crippen LogP contribution in [0.5, 0.6) is 5.75 Å². The minimum atomic E-state index is -0.210. The second-order valence-electron chi connectivity index (χ2n) is 2.90. The quantitative estimate of drug-likeness (QED) is 0.468. The molecule has 1 aromatic rings. The summed E-state index contributed by atoms with van der Waals surface area (Å²) >= 11 is 0. The van der Waals surface area contributed by atoms with Crippen molar-refractivity contribution < 1.29 is 9.53 Å². The molecular weight excluding hydrogens is 208 g/mol. The average molecular weight is 220 g/mol. The number of hydrogen-bond acceptors (Lipinski definition) is 3.